The number of nitrogens with one attached hydrogen (secondary N) is 1. The number of carbonyl (C=O) groups is 1. The maximum absolute atomic E-state index is 14.0. The number of benzene rings is 2. The van der Waals surface area contributed by atoms with E-state index in [1.807, 2.05) is 6.92 Å². The number of pyridine rings is 1. The predicted molar refractivity (Wildman–Crippen MR) is 118 cm³/mol. The summed E-state index contributed by atoms with van der Waals surface area (Å²) in [6, 6.07) is 19.7. The van der Waals surface area contributed by atoms with Gasteiger partial charge in [-0.25, -0.2) is 0 Å². The molecule has 0 spiro atoms. The Morgan fingerprint density at radius 2 is 1.62 bits per heavy atom. The monoisotopic (exact) mass is 453 g/mol. The van der Waals surface area contributed by atoms with E-state index in [1.54, 1.807) is 66.7 Å². The molecule has 4 nitrogen and oxygen atoms in total. The van der Waals surface area contributed by atoms with Crippen LogP contribution in [0.1, 0.15) is 21.5 Å². The zero-order valence-electron chi connectivity index (χ0n) is 16.9. The largest absolute Gasteiger partial charge is 0.419 e. The highest BCUT2D eigenvalue weighted by Gasteiger charge is 2.38. The fourth-order valence-corrected chi connectivity index (χ4v) is 4.19. The number of aryl methyl sites for hydroxylation is 1. The van der Waals surface area contributed by atoms with Crippen LogP contribution in [0.2, 0.25) is 0 Å². The van der Waals surface area contributed by atoms with Crippen LogP contribution in [0.15, 0.2) is 95.1 Å². The number of rotatable bonds is 5. The molecule has 2 heterocycles. The average molecular weight is 453 g/mol. The molecule has 0 aliphatic heterocycles. The zero-order valence-corrected chi connectivity index (χ0v) is 17.7. The van der Waals surface area contributed by atoms with E-state index in [4.69, 9.17) is 0 Å². The molecule has 0 saturated carbocycles. The SMILES string of the molecule is Cc1ccc(C(=O)Nc2cc(C(F)(F)F)c(Sc3ccncc3)n2-c2ccccc2)cc1. The summed E-state index contributed by atoms with van der Waals surface area (Å²) in [6.07, 6.45) is -1.57. The van der Waals surface area contributed by atoms with Gasteiger partial charge >= 0.3 is 6.18 Å². The summed E-state index contributed by atoms with van der Waals surface area (Å²) in [7, 11) is 0. The van der Waals surface area contributed by atoms with E-state index in [2.05, 4.69) is 10.3 Å². The van der Waals surface area contributed by atoms with Crippen LogP contribution in [0.3, 0.4) is 0 Å². The number of anilines is 1. The molecule has 2 aromatic heterocycles. The predicted octanol–water partition coefficient (Wildman–Crippen LogP) is 6.60. The van der Waals surface area contributed by atoms with Crippen molar-refractivity contribution in [1.82, 2.24) is 9.55 Å². The first kappa shape index (κ1) is 21.7. The minimum absolute atomic E-state index is 0.0330. The molecular formula is C24H18F3N3OS. The molecule has 4 aromatic rings. The van der Waals surface area contributed by atoms with Crippen molar-refractivity contribution in [3.63, 3.8) is 0 Å². The summed E-state index contributed by atoms with van der Waals surface area (Å²) < 4.78 is 43.5. The molecule has 1 N–H and O–H groups in total. The second kappa shape index (κ2) is 8.92. The van der Waals surface area contributed by atoms with E-state index in [0.29, 0.717) is 16.1 Å². The third-order valence-corrected chi connectivity index (χ3v) is 5.80. The minimum atomic E-state index is -4.61. The van der Waals surface area contributed by atoms with E-state index in [1.165, 1.54) is 17.0 Å². The van der Waals surface area contributed by atoms with Crippen molar-refractivity contribution in [1.29, 1.82) is 0 Å². The molecule has 4 rings (SSSR count). The minimum Gasteiger partial charge on any atom is -0.308 e. The van der Waals surface area contributed by atoms with Crippen molar-refractivity contribution in [2.45, 2.75) is 23.0 Å². The van der Waals surface area contributed by atoms with Crippen molar-refractivity contribution < 1.29 is 18.0 Å². The van der Waals surface area contributed by atoms with Crippen LogP contribution in [0.5, 0.6) is 0 Å². The Hall–Kier alpha value is -3.52. The highest BCUT2D eigenvalue weighted by molar-refractivity contribution is 7.99. The fourth-order valence-electron chi connectivity index (χ4n) is 3.13. The van der Waals surface area contributed by atoms with E-state index in [-0.39, 0.29) is 10.8 Å². The summed E-state index contributed by atoms with van der Waals surface area (Å²) in [5, 5.41) is 2.61. The topological polar surface area (TPSA) is 46.9 Å². The second-order valence-electron chi connectivity index (χ2n) is 7.02. The lowest BCUT2D eigenvalue weighted by Gasteiger charge is -2.15. The first-order valence-electron chi connectivity index (χ1n) is 9.67. The van der Waals surface area contributed by atoms with Crippen LogP contribution in [0.4, 0.5) is 19.0 Å². The van der Waals surface area contributed by atoms with Gasteiger partial charge in [-0.05, 0) is 49.4 Å². The molecule has 0 saturated heterocycles. The number of hydrogen-bond acceptors (Lipinski definition) is 3. The highest BCUT2D eigenvalue weighted by Crippen LogP contribution is 2.44. The summed E-state index contributed by atoms with van der Waals surface area (Å²) in [5.74, 6) is -0.459. The summed E-state index contributed by atoms with van der Waals surface area (Å²) in [6.45, 7) is 1.89. The van der Waals surface area contributed by atoms with Crippen molar-refractivity contribution in [2.75, 3.05) is 5.32 Å². The van der Waals surface area contributed by atoms with Gasteiger partial charge in [0.2, 0.25) is 0 Å². The Labute approximate surface area is 187 Å². The maximum atomic E-state index is 14.0. The van der Waals surface area contributed by atoms with Crippen LogP contribution < -0.4 is 5.32 Å². The number of carbonyl (C=O) groups excluding carboxylic acids is 1. The van der Waals surface area contributed by atoms with Gasteiger partial charge in [0, 0.05) is 28.5 Å². The van der Waals surface area contributed by atoms with Gasteiger partial charge in [-0.2, -0.15) is 13.2 Å². The lowest BCUT2D eigenvalue weighted by atomic mass is 10.1. The molecule has 0 bridgehead atoms. The normalized spacial score (nSPS) is 11.4. The molecule has 8 heteroatoms. The van der Waals surface area contributed by atoms with E-state index >= 15 is 0 Å². The highest BCUT2D eigenvalue weighted by atomic mass is 32.2. The summed E-state index contributed by atoms with van der Waals surface area (Å²) in [4.78, 5) is 17.3. The lowest BCUT2D eigenvalue weighted by Crippen LogP contribution is -2.15. The molecule has 2 aromatic carbocycles. The van der Waals surface area contributed by atoms with Crippen LogP contribution >= 0.6 is 11.8 Å². The Morgan fingerprint density at radius 1 is 0.969 bits per heavy atom. The number of amides is 1. The molecule has 0 aliphatic carbocycles. The fraction of sp³-hybridized carbons (Fsp3) is 0.0833. The summed E-state index contributed by atoms with van der Waals surface area (Å²) >= 11 is 0.960. The number of alkyl halides is 3. The second-order valence-corrected chi connectivity index (χ2v) is 8.08. The third-order valence-electron chi connectivity index (χ3n) is 4.69. The Balaban J connectivity index is 1.85. The molecule has 0 aliphatic rings. The van der Waals surface area contributed by atoms with E-state index < -0.39 is 17.6 Å². The molecule has 0 unspecified atom stereocenters. The van der Waals surface area contributed by atoms with E-state index in [9.17, 15) is 18.0 Å². The van der Waals surface area contributed by atoms with Crippen LogP contribution in [0, 0.1) is 6.92 Å². The first-order valence-corrected chi connectivity index (χ1v) is 10.5. The first-order chi connectivity index (χ1) is 15.3. The van der Waals surface area contributed by atoms with Crippen molar-refractivity contribution in [3.05, 3.63) is 102 Å². The standard InChI is InChI=1S/C24H18F3N3OS/c1-16-7-9-17(10-8-16)22(31)29-21-15-20(24(25,26)27)23(32-19-11-13-28-14-12-19)30(21)18-5-3-2-4-6-18/h2-15H,1H3,(H,29,31). The van der Waals surface area contributed by atoms with Gasteiger partial charge in [-0.3, -0.25) is 14.3 Å². The van der Waals surface area contributed by atoms with Gasteiger partial charge < -0.3 is 5.32 Å². The van der Waals surface area contributed by atoms with Gasteiger partial charge in [0.15, 0.2) is 0 Å². The van der Waals surface area contributed by atoms with Gasteiger partial charge in [0.1, 0.15) is 5.82 Å². The number of aromatic nitrogens is 2. The van der Waals surface area contributed by atoms with Gasteiger partial charge in [-0.15, -0.1) is 0 Å². The Bertz CT molecular complexity index is 1220. The number of nitrogens with zero attached hydrogens (tertiary/aromatic N) is 2. The van der Waals surface area contributed by atoms with Gasteiger partial charge in [0.05, 0.1) is 10.6 Å². The molecule has 32 heavy (non-hydrogen) atoms. The molecule has 1 amide bonds. The molecule has 0 fully saturated rings. The molecule has 0 radical (unpaired) electrons. The Morgan fingerprint density at radius 3 is 2.25 bits per heavy atom. The molecule has 0 atom stereocenters. The van der Waals surface area contributed by atoms with E-state index in [0.717, 1.165) is 23.4 Å². The number of hydrogen-bond donors (Lipinski definition) is 1. The molecule has 162 valence electrons. The maximum Gasteiger partial charge on any atom is 0.419 e. The summed E-state index contributed by atoms with van der Waals surface area (Å²) in [5.41, 5.74) is 0.999. The lowest BCUT2D eigenvalue weighted by molar-refractivity contribution is -0.139. The van der Waals surface area contributed by atoms with Crippen molar-refractivity contribution >= 4 is 23.5 Å². The average Bonchev–Trinajstić information content (AvgIpc) is 3.13. The van der Waals surface area contributed by atoms with Crippen LogP contribution in [0.25, 0.3) is 5.69 Å². The van der Waals surface area contributed by atoms with Gasteiger partial charge in [-0.1, -0.05) is 47.7 Å². The number of para-hydroxylation sites is 1. The van der Waals surface area contributed by atoms with Crippen molar-refractivity contribution in [2.24, 2.45) is 0 Å². The van der Waals surface area contributed by atoms with Crippen LogP contribution in [-0.2, 0) is 6.18 Å². The Kier molecular flexibility index (Phi) is 6.05. The third kappa shape index (κ3) is 4.70. The van der Waals surface area contributed by atoms with Gasteiger partial charge in [0.25, 0.3) is 5.91 Å². The van der Waals surface area contributed by atoms with Crippen LogP contribution in [-0.4, -0.2) is 15.5 Å². The smallest absolute Gasteiger partial charge is 0.308 e. The zero-order chi connectivity index (χ0) is 22.7. The molecular weight excluding hydrogens is 435 g/mol. The van der Waals surface area contributed by atoms with Crippen molar-refractivity contribution in [3.8, 4) is 5.69 Å². The number of halogens is 3. The quantitative estimate of drug-likeness (QED) is 0.370.